The highest BCUT2D eigenvalue weighted by molar-refractivity contribution is 5.91. The molecule has 0 atom stereocenters. The summed E-state index contributed by atoms with van der Waals surface area (Å²) in [4.78, 5) is 12.5. The zero-order valence-electron chi connectivity index (χ0n) is 15.7. The van der Waals surface area contributed by atoms with Crippen molar-refractivity contribution in [3.63, 3.8) is 0 Å². The van der Waals surface area contributed by atoms with Gasteiger partial charge >= 0.3 is 0 Å². The molecule has 1 aliphatic heterocycles. The van der Waals surface area contributed by atoms with Crippen LogP contribution in [0.1, 0.15) is 58.6 Å². The van der Waals surface area contributed by atoms with E-state index in [9.17, 15) is 4.79 Å². The maximum atomic E-state index is 12.5. The molecule has 0 aromatic carbocycles. The summed E-state index contributed by atoms with van der Waals surface area (Å²) in [7, 11) is 0. The lowest BCUT2D eigenvalue weighted by molar-refractivity contribution is -0.183. The van der Waals surface area contributed by atoms with E-state index in [4.69, 9.17) is 9.47 Å². The molecule has 0 bridgehead atoms. The maximum absolute atomic E-state index is 12.5. The number of ether oxygens (including phenoxy) is 2. The van der Waals surface area contributed by atoms with Gasteiger partial charge in [0.1, 0.15) is 0 Å². The van der Waals surface area contributed by atoms with Gasteiger partial charge in [-0.25, -0.2) is 0 Å². The van der Waals surface area contributed by atoms with E-state index in [0.717, 1.165) is 50.0 Å². The van der Waals surface area contributed by atoms with Crippen LogP contribution in [0.5, 0.6) is 0 Å². The molecule has 6 heteroatoms. The Kier molecular flexibility index (Phi) is 5.79. The zero-order valence-corrected chi connectivity index (χ0v) is 15.7. The Morgan fingerprint density at radius 1 is 1.36 bits per heavy atom. The Labute approximate surface area is 150 Å². The van der Waals surface area contributed by atoms with Gasteiger partial charge in [0, 0.05) is 25.8 Å². The lowest BCUT2D eigenvalue weighted by Gasteiger charge is -2.35. The molecule has 6 nitrogen and oxygen atoms in total. The molecule has 1 saturated heterocycles. The molecule has 140 valence electrons. The zero-order chi connectivity index (χ0) is 17.9. The molecule has 1 saturated carbocycles. The molecule has 2 heterocycles. The molecule has 25 heavy (non-hydrogen) atoms. The number of anilines is 1. The van der Waals surface area contributed by atoms with Crippen LogP contribution in [0.3, 0.4) is 0 Å². The molecule has 2 fully saturated rings. The summed E-state index contributed by atoms with van der Waals surface area (Å²) in [5.74, 6) is 0.686. The van der Waals surface area contributed by atoms with Gasteiger partial charge in [0.05, 0.1) is 30.8 Å². The third-order valence-electron chi connectivity index (χ3n) is 5.25. The summed E-state index contributed by atoms with van der Waals surface area (Å²) in [5.41, 5.74) is 1.97. The summed E-state index contributed by atoms with van der Waals surface area (Å²) < 4.78 is 13.5. The number of carbonyl (C=O) groups is 1. The molecule has 1 aliphatic carbocycles. The summed E-state index contributed by atoms with van der Waals surface area (Å²) in [6.07, 6.45) is 6.99. The van der Waals surface area contributed by atoms with Crippen LogP contribution in [-0.2, 0) is 27.2 Å². The molecule has 3 rings (SSSR count). The smallest absolute Gasteiger partial charge is 0.224 e. The fraction of sp³-hybridized carbons (Fsp3) is 0.789. The number of nitrogens with one attached hydrogen (secondary N) is 1. The van der Waals surface area contributed by atoms with Gasteiger partial charge in [-0.05, 0) is 31.1 Å². The van der Waals surface area contributed by atoms with E-state index in [0.29, 0.717) is 31.5 Å². The van der Waals surface area contributed by atoms with E-state index in [1.807, 2.05) is 4.68 Å². The van der Waals surface area contributed by atoms with E-state index < -0.39 is 0 Å². The van der Waals surface area contributed by atoms with Crippen molar-refractivity contribution in [2.75, 3.05) is 18.5 Å². The molecule has 1 aromatic rings. The van der Waals surface area contributed by atoms with Gasteiger partial charge in [-0.3, -0.25) is 9.48 Å². The van der Waals surface area contributed by atoms with Gasteiger partial charge in [-0.15, -0.1) is 0 Å². The minimum absolute atomic E-state index is 0.0907. The molecule has 1 spiro atoms. The summed E-state index contributed by atoms with van der Waals surface area (Å²) in [6.45, 7) is 8.73. The van der Waals surface area contributed by atoms with Crippen LogP contribution in [-0.4, -0.2) is 34.7 Å². The highest BCUT2D eigenvalue weighted by Gasteiger charge is 2.40. The Morgan fingerprint density at radius 2 is 2.04 bits per heavy atom. The first-order valence-corrected chi connectivity index (χ1v) is 9.64. The number of aromatic nitrogens is 2. The van der Waals surface area contributed by atoms with E-state index >= 15 is 0 Å². The lowest BCUT2D eigenvalue weighted by Crippen LogP contribution is -2.36. The van der Waals surface area contributed by atoms with Crippen LogP contribution in [0.15, 0.2) is 6.20 Å². The lowest BCUT2D eigenvalue weighted by atomic mass is 9.83. The number of hydrogen-bond acceptors (Lipinski definition) is 4. The minimum Gasteiger partial charge on any atom is -0.348 e. The first kappa shape index (κ1) is 18.4. The summed E-state index contributed by atoms with van der Waals surface area (Å²) in [6, 6.07) is 0. The van der Waals surface area contributed by atoms with Crippen LogP contribution in [0.2, 0.25) is 0 Å². The van der Waals surface area contributed by atoms with Gasteiger partial charge in [0.15, 0.2) is 5.79 Å². The Balaban J connectivity index is 1.52. The van der Waals surface area contributed by atoms with Crippen LogP contribution in [0.4, 0.5) is 5.69 Å². The predicted molar refractivity (Wildman–Crippen MR) is 96.3 cm³/mol. The van der Waals surface area contributed by atoms with E-state index in [1.54, 1.807) is 6.20 Å². The second-order valence-electron chi connectivity index (χ2n) is 7.74. The van der Waals surface area contributed by atoms with Crippen molar-refractivity contribution in [1.29, 1.82) is 0 Å². The minimum atomic E-state index is -0.347. The van der Waals surface area contributed by atoms with E-state index in [1.165, 1.54) is 0 Å². The first-order chi connectivity index (χ1) is 12.0. The van der Waals surface area contributed by atoms with Crippen molar-refractivity contribution in [2.24, 2.45) is 11.8 Å². The molecule has 1 amide bonds. The number of nitrogens with zero attached hydrogens (tertiary/aromatic N) is 2. The number of amides is 1. The molecule has 1 aromatic heterocycles. The summed E-state index contributed by atoms with van der Waals surface area (Å²) in [5, 5.41) is 7.52. The van der Waals surface area contributed by atoms with Crippen molar-refractivity contribution in [3.05, 3.63) is 11.9 Å². The van der Waals surface area contributed by atoms with Crippen molar-refractivity contribution in [1.82, 2.24) is 9.78 Å². The third kappa shape index (κ3) is 4.42. The monoisotopic (exact) mass is 349 g/mol. The predicted octanol–water partition coefficient (Wildman–Crippen LogP) is 3.36. The molecule has 0 radical (unpaired) electrons. The van der Waals surface area contributed by atoms with E-state index in [-0.39, 0.29) is 11.7 Å². The van der Waals surface area contributed by atoms with Crippen molar-refractivity contribution < 1.29 is 14.3 Å². The Bertz CT molecular complexity index is 581. The van der Waals surface area contributed by atoms with E-state index in [2.05, 4.69) is 31.2 Å². The average Bonchev–Trinajstić information content (AvgIpc) is 3.17. The molecular weight excluding hydrogens is 318 g/mol. The average molecular weight is 349 g/mol. The largest absolute Gasteiger partial charge is 0.348 e. The van der Waals surface area contributed by atoms with Crippen molar-refractivity contribution in [3.8, 4) is 0 Å². The van der Waals surface area contributed by atoms with Crippen LogP contribution in [0, 0.1) is 11.8 Å². The van der Waals surface area contributed by atoms with Crippen molar-refractivity contribution in [2.45, 2.75) is 71.6 Å². The molecular formula is C19H31N3O3. The summed E-state index contributed by atoms with van der Waals surface area (Å²) >= 11 is 0. The number of rotatable bonds is 6. The molecule has 1 N–H and O–H groups in total. The van der Waals surface area contributed by atoms with Gasteiger partial charge < -0.3 is 14.8 Å². The number of hydrogen-bond donors (Lipinski definition) is 1. The Morgan fingerprint density at radius 3 is 2.64 bits per heavy atom. The fourth-order valence-corrected chi connectivity index (χ4v) is 3.96. The molecule has 2 aliphatic rings. The normalized spacial score (nSPS) is 20.5. The molecule has 0 unspecified atom stereocenters. The SMILES string of the molecule is CCc1c(NC(=O)CC2CCC3(CC2)OCCO3)cnn1CC(C)C. The van der Waals surface area contributed by atoms with Gasteiger partial charge in [-0.2, -0.15) is 5.10 Å². The highest BCUT2D eigenvalue weighted by Crippen LogP contribution is 2.39. The second kappa shape index (κ2) is 7.87. The number of carbonyl (C=O) groups excluding carboxylic acids is 1. The van der Waals surface area contributed by atoms with Gasteiger partial charge in [-0.1, -0.05) is 20.8 Å². The van der Waals surface area contributed by atoms with Crippen LogP contribution in [0.25, 0.3) is 0 Å². The van der Waals surface area contributed by atoms with Crippen LogP contribution >= 0.6 is 0 Å². The topological polar surface area (TPSA) is 65.4 Å². The first-order valence-electron chi connectivity index (χ1n) is 9.64. The fourth-order valence-electron chi connectivity index (χ4n) is 3.96. The van der Waals surface area contributed by atoms with Crippen LogP contribution < -0.4 is 5.32 Å². The quantitative estimate of drug-likeness (QED) is 0.855. The maximum Gasteiger partial charge on any atom is 0.224 e. The van der Waals surface area contributed by atoms with Crippen molar-refractivity contribution >= 4 is 11.6 Å². The third-order valence-corrected chi connectivity index (χ3v) is 5.25. The van der Waals surface area contributed by atoms with Gasteiger partial charge in [0.25, 0.3) is 0 Å². The second-order valence-corrected chi connectivity index (χ2v) is 7.74. The Hall–Kier alpha value is -1.40. The standard InChI is InChI=1S/C19H31N3O3/c1-4-17-16(12-20-22(17)13-14(2)3)21-18(23)11-15-5-7-19(8-6-15)24-9-10-25-19/h12,14-15H,4-11,13H2,1-3H3,(H,21,23). The van der Waals surface area contributed by atoms with Gasteiger partial charge in [0.2, 0.25) is 5.91 Å². The highest BCUT2D eigenvalue weighted by atomic mass is 16.7.